The lowest BCUT2D eigenvalue weighted by molar-refractivity contribution is 0.572. The van der Waals surface area contributed by atoms with E-state index >= 15 is 0 Å². The maximum Gasteiger partial charge on any atom is 0.226 e. The predicted octanol–water partition coefficient (Wildman–Crippen LogP) is 4.57. The number of benzene rings is 2. The van der Waals surface area contributed by atoms with E-state index in [0.29, 0.717) is 24.4 Å². The first-order valence-electron chi connectivity index (χ1n) is 9.43. The van der Waals surface area contributed by atoms with Crippen LogP contribution in [0.5, 0.6) is 0 Å². The Morgan fingerprint density at radius 3 is 2.54 bits per heavy atom. The van der Waals surface area contributed by atoms with Gasteiger partial charge in [0.2, 0.25) is 5.89 Å². The van der Waals surface area contributed by atoms with Gasteiger partial charge >= 0.3 is 0 Å². The van der Waals surface area contributed by atoms with E-state index in [1.165, 1.54) is 5.56 Å². The Balaban J connectivity index is 0.00000225. The summed E-state index contributed by atoms with van der Waals surface area (Å²) in [5.74, 6) is 2.02. The Bertz CT molecular complexity index is 895. The maximum atomic E-state index is 5.59. The molecule has 0 aliphatic heterocycles. The Hall–Kier alpha value is -2.35. The van der Waals surface area contributed by atoms with Gasteiger partial charge in [0.15, 0.2) is 5.96 Å². The molecule has 28 heavy (non-hydrogen) atoms. The average molecular weight is 488 g/mol. The molecule has 0 amide bonds. The zero-order valence-electron chi connectivity index (χ0n) is 15.8. The van der Waals surface area contributed by atoms with Crippen LogP contribution in [0.1, 0.15) is 30.5 Å². The number of aliphatic imine (C=N–C) groups is 1. The van der Waals surface area contributed by atoms with Crippen molar-refractivity contribution in [2.45, 2.75) is 31.8 Å². The number of rotatable bonds is 6. The lowest BCUT2D eigenvalue weighted by Crippen LogP contribution is -2.39. The molecule has 1 fully saturated rings. The predicted molar refractivity (Wildman–Crippen MR) is 123 cm³/mol. The van der Waals surface area contributed by atoms with Gasteiger partial charge in [-0.3, -0.25) is 0 Å². The molecule has 2 aromatic carbocycles. The minimum atomic E-state index is 0. The molecule has 6 heteroatoms. The molecule has 1 saturated carbocycles. The smallest absolute Gasteiger partial charge is 0.226 e. The molecule has 1 aliphatic carbocycles. The number of guanidine groups is 1. The van der Waals surface area contributed by atoms with Crippen LogP contribution in [0.25, 0.3) is 11.5 Å². The zero-order chi connectivity index (χ0) is 18.5. The van der Waals surface area contributed by atoms with Crippen molar-refractivity contribution >= 4 is 29.9 Å². The Morgan fingerprint density at radius 1 is 1.11 bits per heavy atom. The molecule has 146 valence electrons. The largest absolute Gasteiger partial charge is 0.444 e. The van der Waals surface area contributed by atoms with Crippen molar-refractivity contribution in [2.24, 2.45) is 4.99 Å². The molecule has 1 heterocycles. The second-order valence-electron chi connectivity index (χ2n) is 6.71. The van der Waals surface area contributed by atoms with Crippen LogP contribution in [0.4, 0.5) is 0 Å². The molecule has 0 spiro atoms. The highest BCUT2D eigenvalue weighted by Gasteiger charge is 2.38. The van der Waals surface area contributed by atoms with Crippen molar-refractivity contribution in [1.82, 2.24) is 15.6 Å². The third-order valence-corrected chi connectivity index (χ3v) is 4.66. The molecule has 2 unspecified atom stereocenters. The fourth-order valence-corrected chi connectivity index (χ4v) is 3.17. The summed E-state index contributed by atoms with van der Waals surface area (Å²) in [6.07, 6.45) is 2.82. The van der Waals surface area contributed by atoms with Crippen LogP contribution < -0.4 is 10.6 Å². The highest BCUT2D eigenvalue weighted by Crippen LogP contribution is 2.40. The van der Waals surface area contributed by atoms with Gasteiger partial charge in [-0.15, -0.1) is 24.0 Å². The van der Waals surface area contributed by atoms with E-state index in [0.717, 1.165) is 30.2 Å². The first kappa shape index (κ1) is 20.4. The van der Waals surface area contributed by atoms with Gasteiger partial charge in [0.1, 0.15) is 12.0 Å². The highest BCUT2D eigenvalue weighted by molar-refractivity contribution is 14.0. The molecule has 2 atom stereocenters. The SMILES string of the molecule is CCNC(=NCc1coc(-c2ccccc2)n1)NC1CC1c1ccccc1.I. The third kappa shape index (κ3) is 5.13. The molecule has 0 saturated heterocycles. The van der Waals surface area contributed by atoms with E-state index in [4.69, 9.17) is 4.42 Å². The maximum absolute atomic E-state index is 5.59. The number of halogens is 1. The summed E-state index contributed by atoms with van der Waals surface area (Å²) < 4.78 is 5.59. The van der Waals surface area contributed by atoms with Gasteiger partial charge in [-0.2, -0.15) is 0 Å². The lowest BCUT2D eigenvalue weighted by atomic mass is 10.1. The molecule has 5 nitrogen and oxygen atoms in total. The topological polar surface area (TPSA) is 62.5 Å². The highest BCUT2D eigenvalue weighted by atomic mass is 127. The van der Waals surface area contributed by atoms with Crippen LogP contribution in [-0.4, -0.2) is 23.5 Å². The lowest BCUT2D eigenvalue weighted by Gasteiger charge is -2.10. The molecule has 4 rings (SSSR count). The fourth-order valence-electron chi connectivity index (χ4n) is 3.17. The molecule has 2 N–H and O–H groups in total. The van der Waals surface area contributed by atoms with Gasteiger partial charge in [-0.1, -0.05) is 48.5 Å². The molecule has 3 aromatic rings. The normalized spacial score (nSPS) is 18.2. The van der Waals surface area contributed by atoms with Crippen LogP contribution in [0.15, 0.2) is 76.3 Å². The van der Waals surface area contributed by atoms with Crippen molar-refractivity contribution in [3.05, 3.63) is 78.2 Å². The van der Waals surface area contributed by atoms with Crippen LogP contribution >= 0.6 is 24.0 Å². The number of hydrogen-bond acceptors (Lipinski definition) is 3. The van der Waals surface area contributed by atoms with Crippen LogP contribution in [-0.2, 0) is 6.54 Å². The van der Waals surface area contributed by atoms with Crippen LogP contribution in [0.3, 0.4) is 0 Å². The third-order valence-electron chi connectivity index (χ3n) is 4.66. The summed E-state index contributed by atoms with van der Waals surface area (Å²) in [7, 11) is 0. The van der Waals surface area contributed by atoms with Gasteiger partial charge in [0.25, 0.3) is 0 Å². The summed E-state index contributed by atoms with van der Waals surface area (Å²) in [6.45, 7) is 3.37. The monoisotopic (exact) mass is 488 g/mol. The molecule has 1 aliphatic rings. The van der Waals surface area contributed by atoms with Crippen molar-refractivity contribution < 1.29 is 4.42 Å². The van der Waals surface area contributed by atoms with Crippen molar-refractivity contribution in [3.63, 3.8) is 0 Å². The first-order chi connectivity index (χ1) is 13.3. The zero-order valence-corrected chi connectivity index (χ0v) is 18.2. The standard InChI is InChI=1S/C22H24N4O.HI/c1-2-23-22(26-20-13-19(20)16-9-5-3-6-10-16)24-14-18-15-27-21(25-18)17-11-7-4-8-12-17;/h3-12,15,19-20H,2,13-14H2,1H3,(H2,23,24,26);1H. The molecule has 1 aromatic heterocycles. The first-order valence-corrected chi connectivity index (χ1v) is 9.43. The van der Waals surface area contributed by atoms with Crippen molar-refractivity contribution in [3.8, 4) is 11.5 Å². The molecule has 0 bridgehead atoms. The molecule has 0 radical (unpaired) electrons. The summed E-state index contributed by atoms with van der Waals surface area (Å²) in [5, 5.41) is 6.84. The van der Waals surface area contributed by atoms with Gasteiger partial charge in [0, 0.05) is 24.1 Å². The van der Waals surface area contributed by atoms with Crippen LogP contribution in [0.2, 0.25) is 0 Å². The van der Waals surface area contributed by atoms with Gasteiger partial charge in [-0.05, 0) is 31.0 Å². The minimum absolute atomic E-state index is 0. The molecular formula is C22H25IN4O. The fraction of sp³-hybridized carbons (Fsp3) is 0.273. The van der Waals surface area contributed by atoms with E-state index < -0.39 is 0 Å². The van der Waals surface area contributed by atoms with E-state index in [1.54, 1.807) is 6.26 Å². The molecular weight excluding hydrogens is 463 g/mol. The minimum Gasteiger partial charge on any atom is -0.444 e. The van der Waals surface area contributed by atoms with Crippen molar-refractivity contribution in [2.75, 3.05) is 6.54 Å². The summed E-state index contributed by atoms with van der Waals surface area (Å²) >= 11 is 0. The summed E-state index contributed by atoms with van der Waals surface area (Å²) in [6, 6.07) is 21.0. The van der Waals surface area contributed by atoms with E-state index in [1.807, 2.05) is 30.3 Å². The Kier molecular flexibility index (Phi) is 7.08. The Morgan fingerprint density at radius 2 is 1.82 bits per heavy atom. The van der Waals surface area contributed by atoms with Crippen molar-refractivity contribution in [1.29, 1.82) is 0 Å². The quantitative estimate of drug-likeness (QED) is 0.303. The van der Waals surface area contributed by atoms with Gasteiger partial charge in [-0.25, -0.2) is 9.98 Å². The summed E-state index contributed by atoms with van der Waals surface area (Å²) in [4.78, 5) is 9.21. The number of nitrogens with zero attached hydrogens (tertiary/aromatic N) is 2. The average Bonchev–Trinajstić information content (AvgIpc) is 3.32. The number of hydrogen-bond donors (Lipinski definition) is 2. The van der Waals surface area contributed by atoms with Crippen LogP contribution in [0, 0.1) is 0 Å². The van der Waals surface area contributed by atoms with E-state index in [9.17, 15) is 0 Å². The number of oxazole rings is 1. The second-order valence-corrected chi connectivity index (χ2v) is 6.71. The Labute approximate surface area is 182 Å². The summed E-state index contributed by atoms with van der Waals surface area (Å²) in [5.41, 5.74) is 3.18. The second kappa shape index (κ2) is 9.73. The van der Waals surface area contributed by atoms with Gasteiger partial charge in [0.05, 0.1) is 6.54 Å². The van der Waals surface area contributed by atoms with E-state index in [2.05, 4.69) is 57.9 Å². The number of nitrogens with one attached hydrogen (secondary N) is 2. The van der Waals surface area contributed by atoms with E-state index in [-0.39, 0.29) is 24.0 Å². The van der Waals surface area contributed by atoms with Gasteiger partial charge < -0.3 is 15.1 Å². The number of aromatic nitrogens is 1.